The van der Waals surface area contributed by atoms with E-state index < -0.39 is 10.1 Å². The van der Waals surface area contributed by atoms with Crippen LogP contribution in [0.4, 0.5) is 0 Å². The molecule has 1 fully saturated rings. The Balaban J connectivity index is 1.63. The van der Waals surface area contributed by atoms with Crippen molar-refractivity contribution in [1.29, 1.82) is 0 Å². The molecule has 3 rings (SSSR count). The van der Waals surface area contributed by atoms with Crippen molar-refractivity contribution in [3.8, 4) is 0 Å². The fraction of sp³-hybridized carbons (Fsp3) is 0.458. The number of carbonyl (C=O) groups is 1. The molecule has 0 saturated carbocycles. The van der Waals surface area contributed by atoms with E-state index in [1.165, 1.54) is 5.56 Å². The minimum atomic E-state index is -3.46. The summed E-state index contributed by atoms with van der Waals surface area (Å²) >= 11 is 0. The molecular formula is C24H31NO5S. The van der Waals surface area contributed by atoms with Gasteiger partial charge in [-0.15, -0.1) is 0 Å². The average Bonchev–Trinajstić information content (AvgIpc) is 3.01. The van der Waals surface area contributed by atoms with Crippen molar-refractivity contribution < 1.29 is 22.1 Å². The van der Waals surface area contributed by atoms with Gasteiger partial charge in [0.05, 0.1) is 26.1 Å². The van der Waals surface area contributed by atoms with Crippen LogP contribution >= 0.6 is 0 Å². The molecule has 6 nitrogen and oxygen atoms in total. The van der Waals surface area contributed by atoms with Crippen LogP contribution in [-0.2, 0) is 37.0 Å². The fourth-order valence-electron chi connectivity index (χ4n) is 3.98. The molecule has 0 unspecified atom stereocenters. The third kappa shape index (κ3) is 7.45. The molecule has 1 aliphatic rings. The summed E-state index contributed by atoms with van der Waals surface area (Å²) in [6.45, 7) is 3.71. The van der Waals surface area contributed by atoms with Gasteiger partial charge in [0, 0.05) is 24.9 Å². The summed E-state index contributed by atoms with van der Waals surface area (Å²) in [6.07, 6.45) is 2.73. The Kier molecular flexibility index (Phi) is 8.23. The molecule has 2 aromatic rings. The third-order valence-corrected chi connectivity index (χ3v) is 6.16. The van der Waals surface area contributed by atoms with Gasteiger partial charge in [-0.1, -0.05) is 60.2 Å². The van der Waals surface area contributed by atoms with Crippen molar-refractivity contribution in [2.24, 2.45) is 5.92 Å². The summed E-state index contributed by atoms with van der Waals surface area (Å²) in [4.78, 5) is 14.8. The lowest BCUT2D eigenvalue weighted by molar-refractivity contribution is -0.129. The molecule has 0 radical (unpaired) electrons. The van der Waals surface area contributed by atoms with Gasteiger partial charge in [-0.3, -0.25) is 8.98 Å². The summed E-state index contributed by atoms with van der Waals surface area (Å²) in [6, 6.07) is 18.1. The van der Waals surface area contributed by atoms with Gasteiger partial charge in [0.25, 0.3) is 10.1 Å². The summed E-state index contributed by atoms with van der Waals surface area (Å²) in [5.74, 6) is 0.183. The second-order valence-corrected chi connectivity index (χ2v) is 9.85. The number of likely N-dealkylation sites (tertiary alicyclic amines) is 1. The lowest BCUT2D eigenvalue weighted by Crippen LogP contribution is -2.36. The molecule has 0 aromatic heterocycles. The van der Waals surface area contributed by atoms with Crippen molar-refractivity contribution in [2.45, 2.75) is 45.4 Å². The molecule has 0 spiro atoms. The Bertz CT molecular complexity index is 944. The highest BCUT2D eigenvalue weighted by atomic mass is 32.2. The van der Waals surface area contributed by atoms with Crippen molar-refractivity contribution in [3.63, 3.8) is 0 Å². The molecule has 1 heterocycles. The first kappa shape index (κ1) is 23.4. The molecule has 0 aliphatic carbocycles. The zero-order valence-corrected chi connectivity index (χ0v) is 19.0. The van der Waals surface area contributed by atoms with Gasteiger partial charge in [0.1, 0.15) is 0 Å². The molecule has 2 aromatic carbocycles. The van der Waals surface area contributed by atoms with E-state index in [9.17, 15) is 13.2 Å². The van der Waals surface area contributed by atoms with Crippen molar-refractivity contribution >= 4 is 16.0 Å². The molecule has 0 bridgehead atoms. The van der Waals surface area contributed by atoms with E-state index in [4.69, 9.17) is 8.92 Å². The zero-order valence-electron chi connectivity index (χ0n) is 18.2. The third-order valence-electron chi connectivity index (χ3n) is 5.56. The molecule has 1 aliphatic heterocycles. The Morgan fingerprint density at radius 1 is 1.03 bits per heavy atom. The first-order valence-electron chi connectivity index (χ1n) is 10.6. The van der Waals surface area contributed by atoms with Crippen molar-refractivity contribution in [1.82, 2.24) is 4.90 Å². The van der Waals surface area contributed by atoms with Gasteiger partial charge in [-0.25, -0.2) is 0 Å². The molecule has 2 atom stereocenters. The number of nitrogens with zero attached hydrogens (tertiary/aromatic N) is 1. The van der Waals surface area contributed by atoms with E-state index in [0.717, 1.165) is 17.4 Å². The van der Waals surface area contributed by atoms with Gasteiger partial charge in [-0.2, -0.15) is 8.42 Å². The highest BCUT2D eigenvalue weighted by Gasteiger charge is 2.39. The molecular weight excluding hydrogens is 414 g/mol. The van der Waals surface area contributed by atoms with Gasteiger partial charge in [0.2, 0.25) is 5.91 Å². The molecule has 0 N–H and O–H groups in total. The van der Waals surface area contributed by atoms with Crippen LogP contribution in [0, 0.1) is 12.8 Å². The first-order chi connectivity index (χ1) is 14.8. The standard InChI is InChI=1S/C24H31NO5S/c1-19-10-12-20(13-11-19)16-25-23(9-6-14-30-31(2,27)28)22(15-24(25)26)18-29-17-21-7-4-3-5-8-21/h3-5,7-8,10-13,22-23H,6,9,14-18H2,1-2H3/t22-,23-/m0/s1. The van der Waals surface area contributed by atoms with Gasteiger partial charge in [0.15, 0.2) is 0 Å². The van der Waals surface area contributed by atoms with Crippen LogP contribution in [0.25, 0.3) is 0 Å². The highest BCUT2D eigenvalue weighted by molar-refractivity contribution is 7.85. The minimum absolute atomic E-state index is 0.00673. The lowest BCUT2D eigenvalue weighted by Gasteiger charge is -2.28. The maximum absolute atomic E-state index is 12.8. The molecule has 1 amide bonds. The van der Waals surface area contributed by atoms with Gasteiger partial charge in [-0.05, 0) is 30.9 Å². The number of ether oxygens (including phenoxy) is 1. The van der Waals surface area contributed by atoms with Crippen LogP contribution < -0.4 is 0 Å². The monoisotopic (exact) mass is 445 g/mol. The van der Waals surface area contributed by atoms with E-state index in [2.05, 4.69) is 0 Å². The molecule has 31 heavy (non-hydrogen) atoms. The van der Waals surface area contributed by atoms with Crippen LogP contribution in [0.3, 0.4) is 0 Å². The Labute approximate surface area is 185 Å². The number of benzene rings is 2. The van der Waals surface area contributed by atoms with Crippen LogP contribution in [-0.4, -0.2) is 44.7 Å². The van der Waals surface area contributed by atoms with Gasteiger partial charge >= 0.3 is 0 Å². The number of aryl methyl sites for hydroxylation is 1. The summed E-state index contributed by atoms with van der Waals surface area (Å²) in [5, 5.41) is 0. The van der Waals surface area contributed by atoms with E-state index in [1.807, 2.05) is 66.4 Å². The van der Waals surface area contributed by atoms with Crippen LogP contribution in [0.5, 0.6) is 0 Å². The van der Waals surface area contributed by atoms with Crippen LogP contribution in [0.2, 0.25) is 0 Å². The van der Waals surface area contributed by atoms with Crippen LogP contribution in [0.1, 0.15) is 36.0 Å². The van der Waals surface area contributed by atoms with E-state index >= 15 is 0 Å². The van der Waals surface area contributed by atoms with Crippen molar-refractivity contribution in [3.05, 3.63) is 71.3 Å². The summed E-state index contributed by atoms with van der Waals surface area (Å²) in [5.41, 5.74) is 3.36. The van der Waals surface area contributed by atoms with E-state index in [1.54, 1.807) is 0 Å². The minimum Gasteiger partial charge on any atom is -0.376 e. The smallest absolute Gasteiger partial charge is 0.264 e. The van der Waals surface area contributed by atoms with Crippen molar-refractivity contribution in [2.75, 3.05) is 19.5 Å². The van der Waals surface area contributed by atoms with E-state index in [0.29, 0.717) is 39.0 Å². The second kappa shape index (κ2) is 10.9. The largest absolute Gasteiger partial charge is 0.376 e. The quantitative estimate of drug-likeness (QED) is 0.390. The zero-order chi connectivity index (χ0) is 22.3. The number of hydrogen-bond donors (Lipinski definition) is 0. The fourth-order valence-corrected chi connectivity index (χ4v) is 4.40. The molecule has 1 saturated heterocycles. The number of hydrogen-bond acceptors (Lipinski definition) is 5. The number of rotatable bonds is 11. The second-order valence-electron chi connectivity index (χ2n) is 8.21. The van der Waals surface area contributed by atoms with Gasteiger partial charge < -0.3 is 9.64 Å². The predicted octanol–water partition coefficient (Wildman–Crippen LogP) is 3.69. The normalized spacial score (nSPS) is 19.2. The average molecular weight is 446 g/mol. The Morgan fingerprint density at radius 3 is 2.42 bits per heavy atom. The summed E-state index contributed by atoms with van der Waals surface area (Å²) < 4.78 is 33.3. The predicted molar refractivity (Wildman–Crippen MR) is 120 cm³/mol. The van der Waals surface area contributed by atoms with E-state index in [-0.39, 0.29) is 24.5 Å². The lowest BCUT2D eigenvalue weighted by atomic mass is 9.97. The maximum atomic E-state index is 12.8. The summed E-state index contributed by atoms with van der Waals surface area (Å²) in [7, 11) is -3.46. The van der Waals surface area contributed by atoms with Crippen LogP contribution in [0.15, 0.2) is 54.6 Å². The Hall–Kier alpha value is -2.22. The topological polar surface area (TPSA) is 72.9 Å². The molecule has 168 valence electrons. The number of carbonyl (C=O) groups excluding carboxylic acids is 1. The first-order valence-corrected chi connectivity index (χ1v) is 12.4. The SMILES string of the molecule is Cc1ccc(CN2C(=O)C[C@@H](COCc3ccccc3)[C@@H]2CCCOS(C)(=O)=O)cc1. The number of amides is 1. The Morgan fingerprint density at radius 2 is 1.74 bits per heavy atom. The maximum Gasteiger partial charge on any atom is 0.264 e. The molecule has 7 heteroatoms. The highest BCUT2D eigenvalue weighted by Crippen LogP contribution is 2.31.